The third kappa shape index (κ3) is 2.95. The van der Waals surface area contributed by atoms with Crippen molar-refractivity contribution in [2.24, 2.45) is 0 Å². The van der Waals surface area contributed by atoms with Crippen LogP contribution in [-0.4, -0.2) is 23.1 Å². The number of nitro groups is 1. The molecule has 1 N–H and O–H groups in total. The van der Waals surface area contributed by atoms with E-state index in [0.29, 0.717) is 11.1 Å². The van der Waals surface area contributed by atoms with Gasteiger partial charge in [-0.15, -0.1) is 0 Å². The number of rotatable bonds is 4. The molecule has 6 nitrogen and oxygen atoms in total. The van der Waals surface area contributed by atoms with Gasteiger partial charge in [0.05, 0.1) is 17.6 Å². The van der Waals surface area contributed by atoms with Gasteiger partial charge in [-0.05, 0) is 23.8 Å². The molecule has 0 heterocycles. The molecule has 2 aromatic carbocycles. The molecule has 0 amide bonds. The molecule has 2 rings (SSSR count). The molecule has 0 radical (unpaired) electrons. The predicted octanol–water partition coefficient (Wildman–Crippen LogP) is 3.62. The van der Waals surface area contributed by atoms with E-state index in [2.05, 4.69) is 0 Å². The zero-order valence-corrected chi connectivity index (χ0v) is 11.6. The Balaban J connectivity index is 2.71. The molecule has 2 aromatic rings. The molecule has 0 aliphatic rings. The average molecular weight is 308 g/mol. The van der Waals surface area contributed by atoms with Crippen LogP contribution in [0.25, 0.3) is 11.1 Å². The summed E-state index contributed by atoms with van der Waals surface area (Å²) >= 11 is 5.90. The van der Waals surface area contributed by atoms with Crippen LogP contribution in [0.1, 0.15) is 10.4 Å². The second-order valence-corrected chi connectivity index (χ2v) is 4.59. The van der Waals surface area contributed by atoms with Crippen molar-refractivity contribution < 1.29 is 19.6 Å². The minimum atomic E-state index is -1.09. The zero-order valence-electron chi connectivity index (χ0n) is 10.9. The van der Waals surface area contributed by atoms with E-state index >= 15 is 0 Å². The lowest BCUT2D eigenvalue weighted by atomic mass is 10.0. The summed E-state index contributed by atoms with van der Waals surface area (Å²) in [6.45, 7) is 0. The Morgan fingerprint density at radius 2 is 2.05 bits per heavy atom. The average Bonchev–Trinajstić information content (AvgIpc) is 2.46. The molecule has 0 aliphatic heterocycles. The molecule has 0 saturated heterocycles. The molecule has 21 heavy (non-hydrogen) atoms. The van der Waals surface area contributed by atoms with Crippen molar-refractivity contribution in [2.75, 3.05) is 7.11 Å². The molecule has 0 aromatic heterocycles. The molecule has 0 atom stereocenters. The van der Waals surface area contributed by atoms with Crippen molar-refractivity contribution in [1.82, 2.24) is 0 Å². The van der Waals surface area contributed by atoms with Gasteiger partial charge in [0.1, 0.15) is 0 Å². The number of hydrogen-bond acceptors (Lipinski definition) is 4. The minimum absolute atomic E-state index is 0.0342. The monoisotopic (exact) mass is 307 g/mol. The summed E-state index contributed by atoms with van der Waals surface area (Å²) in [5.74, 6) is -1.06. The maximum absolute atomic E-state index is 11.1. The molecular formula is C14H10ClNO5. The van der Waals surface area contributed by atoms with Crippen molar-refractivity contribution >= 4 is 23.3 Å². The summed E-state index contributed by atoms with van der Waals surface area (Å²) in [5.41, 5.74) is 0.620. The molecule has 7 heteroatoms. The number of nitrogens with zero attached hydrogens (tertiary/aromatic N) is 1. The maximum atomic E-state index is 11.1. The summed E-state index contributed by atoms with van der Waals surface area (Å²) in [7, 11) is 1.31. The number of benzene rings is 2. The smallest absolute Gasteiger partial charge is 0.335 e. The highest BCUT2D eigenvalue weighted by Crippen LogP contribution is 2.40. The molecule has 0 aliphatic carbocycles. The third-order valence-corrected chi connectivity index (χ3v) is 3.07. The minimum Gasteiger partial charge on any atom is -0.490 e. The molecule has 0 spiro atoms. The number of carboxylic acid groups (broad SMARTS) is 1. The summed E-state index contributed by atoms with van der Waals surface area (Å²) < 4.78 is 5.10. The van der Waals surface area contributed by atoms with Crippen molar-refractivity contribution in [1.29, 1.82) is 0 Å². The second-order valence-electron chi connectivity index (χ2n) is 4.15. The number of carboxylic acids is 1. The molecule has 0 fully saturated rings. The van der Waals surface area contributed by atoms with Gasteiger partial charge in [-0.2, -0.15) is 0 Å². The van der Waals surface area contributed by atoms with Crippen LogP contribution in [0.15, 0.2) is 36.4 Å². The Morgan fingerprint density at radius 1 is 1.33 bits per heavy atom. The highest BCUT2D eigenvalue weighted by Gasteiger charge is 2.21. The van der Waals surface area contributed by atoms with Crippen LogP contribution >= 0.6 is 11.6 Å². The van der Waals surface area contributed by atoms with Crippen LogP contribution in [-0.2, 0) is 0 Å². The van der Waals surface area contributed by atoms with Crippen LogP contribution in [0.5, 0.6) is 5.75 Å². The number of nitro benzene ring substituents is 1. The van der Waals surface area contributed by atoms with Crippen molar-refractivity contribution in [3.63, 3.8) is 0 Å². The van der Waals surface area contributed by atoms with Crippen LogP contribution in [0.2, 0.25) is 5.02 Å². The van der Waals surface area contributed by atoms with E-state index in [4.69, 9.17) is 21.4 Å². The Morgan fingerprint density at radius 3 is 2.62 bits per heavy atom. The Hall–Kier alpha value is -2.60. The zero-order chi connectivity index (χ0) is 15.6. The van der Waals surface area contributed by atoms with E-state index in [9.17, 15) is 14.9 Å². The van der Waals surface area contributed by atoms with Gasteiger partial charge in [0.2, 0.25) is 5.75 Å². The Bertz CT molecular complexity index is 729. The highest BCUT2D eigenvalue weighted by molar-refractivity contribution is 6.31. The van der Waals surface area contributed by atoms with Crippen LogP contribution < -0.4 is 4.74 Å². The lowest BCUT2D eigenvalue weighted by molar-refractivity contribution is -0.385. The van der Waals surface area contributed by atoms with E-state index in [1.807, 2.05) is 0 Å². The van der Waals surface area contributed by atoms with Crippen molar-refractivity contribution in [3.05, 3.63) is 57.1 Å². The first-order chi connectivity index (χ1) is 9.93. The van der Waals surface area contributed by atoms with Crippen molar-refractivity contribution in [3.8, 4) is 16.9 Å². The van der Waals surface area contributed by atoms with Gasteiger partial charge < -0.3 is 9.84 Å². The molecule has 0 bridgehead atoms. The lowest BCUT2D eigenvalue weighted by Crippen LogP contribution is -1.98. The van der Waals surface area contributed by atoms with Gasteiger partial charge in [-0.3, -0.25) is 10.1 Å². The lowest BCUT2D eigenvalue weighted by Gasteiger charge is -2.10. The van der Waals surface area contributed by atoms with Gasteiger partial charge in [0.15, 0.2) is 0 Å². The van der Waals surface area contributed by atoms with Crippen LogP contribution in [0.3, 0.4) is 0 Å². The van der Waals surface area contributed by atoms with E-state index < -0.39 is 10.9 Å². The van der Waals surface area contributed by atoms with Gasteiger partial charge in [0, 0.05) is 16.7 Å². The van der Waals surface area contributed by atoms with Gasteiger partial charge >= 0.3 is 11.7 Å². The number of methoxy groups -OCH3 is 1. The highest BCUT2D eigenvalue weighted by atomic mass is 35.5. The Labute approximate surface area is 124 Å². The molecule has 0 saturated carbocycles. The number of carbonyl (C=O) groups is 1. The fourth-order valence-corrected chi connectivity index (χ4v) is 2.18. The Kier molecular flexibility index (Phi) is 4.09. The fourth-order valence-electron chi connectivity index (χ4n) is 1.96. The quantitative estimate of drug-likeness (QED) is 0.688. The number of halogens is 1. The third-order valence-electron chi connectivity index (χ3n) is 2.86. The first kappa shape index (κ1) is 14.8. The number of aromatic carboxylic acids is 1. The maximum Gasteiger partial charge on any atom is 0.335 e. The number of ether oxygens (including phenoxy) is 1. The van der Waals surface area contributed by atoms with Crippen LogP contribution in [0.4, 0.5) is 5.69 Å². The van der Waals surface area contributed by atoms with Crippen LogP contribution in [0, 0.1) is 10.1 Å². The standard InChI is InChI=1S/C14H10ClNO5/c1-21-13-11(6-10(15)7-12(13)16(19)20)8-3-2-4-9(5-8)14(17)18/h2-7H,1H3,(H,17,18). The number of hydrogen-bond donors (Lipinski definition) is 1. The first-order valence-electron chi connectivity index (χ1n) is 5.79. The first-order valence-corrected chi connectivity index (χ1v) is 6.17. The summed E-state index contributed by atoms with van der Waals surface area (Å²) in [4.78, 5) is 21.5. The SMILES string of the molecule is COc1c(-c2cccc(C(=O)O)c2)cc(Cl)cc1[N+](=O)[O-]. The predicted molar refractivity (Wildman–Crippen MR) is 77.1 cm³/mol. The largest absolute Gasteiger partial charge is 0.490 e. The summed E-state index contributed by atoms with van der Waals surface area (Å²) in [5, 5.41) is 20.2. The topological polar surface area (TPSA) is 89.7 Å². The summed E-state index contributed by atoms with van der Waals surface area (Å²) in [6.07, 6.45) is 0. The second kappa shape index (κ2) is 5.80. The van der Waals surface area contributed by atoms with E-state index in [-0.39, 0.29) is 22.0 Å². The van der Waals surface area contributed by atoms with E-state index in [0.717, 1.165) is 0 Å². The van der Waals surface area contributed by atoms with Gasteiger partial charge in [-0.1, -0.05) is 23.7 Å². The van der Waals surface area contributed by atoms with Gasteiger partial charge in [0.25, 0.3) is 0 Å². The molecule has 0 unspecified atom stereocenters. The molecule has 108 valence electrons. The van der Waals surface area contributed by atoms with E-state index in [1.165, 1.54) is 31.4 Å². The van der Waals surface area contributed by atoms with E-state index in [1.54, 1.807) is 12.1 Å². The van der Waals surface area contributed by atoms with Gasteiger partial charge in [-0.25, -0.2) is 4.79 Å². The normalized spacial score (nSPS) is 10.2. The molecular weight excluding hydrogens is 298 g/mol. The van der Waals surface area contributed by atoms with Crippen molar-refractivity contribution in [2.45, 2.75) is 0 Å². The fraction of sp³-hybridized carbons (Fsp3) is 0.0714. The summed E-state index contributed by atoms with van der Waals surface area (Å²) in [6, 6.07) is 8.69.